The number of benzene rings is 1. The van der Waals surface area contributed by atoms with Gasteiger partial charge in [-0.25, -0.2) is 9.78 Å². The van der Waals surface area contributed by atoms with E-state index >= 15 is 0 Å². The number of hydrogen-bond donors (Lipinski definition) is 2. The maximum Gasteiger partial charge on any atom is 0.354 e. The summed E-state index contributed by atoms with van der Waals surface area (Å²) in [5.41, 5.74) is -0.799. The molecule has 7 heteroatoms. The number of carbonyl (C=O) groups is 1. The lowest BCUT2D eigenvalue weighted by atomic mass is 10.3. The number of carboxylic acid groups (broad SMARTS) is 1. The monoisotopic (exact) mass is 294 g/mol. The van der Waals surface area contributed by atoms with Crippen LogP contribution in [-0.4, -0.2) is 27.7 Å². The van der Waals surface area contributed by atoms with Gasteiger partial charge >= 0.3 is 5.97 Å². The summed E-state index contributed by atoms with van der Waals surface area (Å²) in [6, 6.07) is 7.91. The fourth-order valence-corrected chi connectivity index (χ4v) is 1.75. The van der Waals surface area contributed by atoms with Crippen LogP contribution in [0.1, 0.15) is 16.3 Å². The number of halogens is 1. The largest absolute Gasteiger partial charge is 0.492 e. The molecular weight excluding hydrogens is 284 g/mol. The van der Waals surface area contributed by atoms with Crippen molar-refractivity contribution in [3.05, 3.63) is 57.2 Å². The molecule has 0 fully saturated rings. The van der Waals surface area contributed by atoms with Gasteiger partial charge in [0.2, 0.25) is 0 Å². The van der Waals surface area contributed by atoms with Crippen molar-refractivity contribution in [2.24, 2.45) is 0 Å². The van der Waals surface area contributed by atoms with Crippen LogP contribution < -0.4 is 10.3 Å². The van der Waals surface area contributed by atoms with E-state index in [1.165, 1.54) is 0 Å². The van der Waals surface area contributed by atoms with Crippen molar-refractivity contribution < 1.29 is 14.6 Å². The minimum atomic E-state index is -1.25. The first-order valence-corrected chi connectivity index (χ1v) is 6.15. The third-order valence-electron chi connectivity index (χ3n) is 2.44. The van der Waals surface area contributed by atoms with Gasteiger partial charge in [-0.3, -0.25) is 4.79 Å². The Morgan fingerprint density at radius 2 is 2.15 bits per heavy atom. The van der Waals surface area contributed by atoms with Crippen LogP contribution in [-0.2, 0) is 6.42 Å². The highest BCUT2D eigenvalue weighted by Gasteiger charge is 2.08. The fraction of sp³-hybridized carbons (Fsp3) is 0.154. The van der Waals surface area contributed by atoms with Crippen LogP contribution in [0, 0.1) is 0 Å². The maximum absolute atomic E-state index is 11.3. The molecule has 0 amide bonds. The topological polar surface area (TPSA) is 92.3 Å². The number of hydrogen-bond acceptors (Lipinski definition) is 4. The van der Waals surface area contributed by atoms with E-state index in [4.69, 9.17) is 21.4 Å². The first-order chi connectivity index (χ1) is 9.56. The number of H-pyrrole nitrogens is 1. The van der Waals surface area contributed by atoms with Gasteiger partial charge in [0.15, 0.2) is 5.69 Å². The molecule has 2 aromatic rings. The maximum atomic E-state index is 11.3. The van der Waals surface area contributed by atoms with Crippen LogP contribution in [0.2, 0.25) is 5.02 Å². The molecular formula is C13H11ClN2O4. The van der Waals surface area contributed by atoms with Gasteiger partial charge in [-0.1, -0.05) is 23.7 Å². The normalized spacial score (nSPS) is 10.2. The number of aromatic nitrogens is 2. The summed E-state index contributed by atoms with van der Waals surface area (Å²) >= 11 is 5.92. The third kappa shape index (κ3) is 3.58. The van der Waals surface area contributed by atoms with Crippen molar-refractivity contribution in [2.45, 2.75) is 6.42 Å². The number of nitrogens with one attached hydrogen (secondary N) is 1. The molecule has 1 aromatic heterocycles. The van der Waals surface area contributed by atoms with E-state index in [9.17, 15) is 9.59 Å². The van der Waals surface area contributed by atoms with Crippen molar-refractivity contribution in [1.82, 2.24) is 9.97 Å². The van der Waals surface area contributed by atoms with Gasteiger partial charge in [0.25, 0.3) is 5.56 Å². The summed E-state index contributed by atoms with van der Waals surface area (Å²) in [6.45, 7) is 0.218. The van der Waals surface area contributed by atoms with Crippen molar-refractivity contribution in [1.29, 1.82) is 0 Å². The van der Waals surface area contributed by atoms with E-state index in [0.29, 0.717) is 10.8 Å². The van der Waals surface area contributed by atoms with Gasteiger partial charge in [0.05, 0.1) is 11.6 Å². The molecule has 6 nitrogen and oxygen atoms in total. The van der Waals surface area contributed by atoms with Crippen LogP contribution in [0.4, 0.5) is 0 Å². The van der Waals surface area contributed by atoms with Crippen LogP contribution >= 0.6 is 11.6 Å². The van der Waals surface area contributed by atoms with Gasteiger partial charge in [-0.15, -0.1) is 0 Å². The summed E-state index contributed by atoms with van der Waals surface area (Å²) in [7, 11) is 0. The van der Waals surface area contributed by atoms with Gasteiger partial charge < -0.3 is 14.8 Å². The molecule has 0 radical (unpaired) electrons. The molecule has 2 N–H and O–H groups in total. The van der Waals surface area contributed by atoms with Gasteiger partial charge in [0.1, 0.15) is 11.6 Å². The molecule has 1 aromatic carbocycles. The molecule has 0 spiro atoms. The standard InChI is InChI=1S/C13H11ClN2O4/c14-8-3-1-2-4-10(8)20-6-5-11-15-9(13(18)19)7-12(17)16-11/h1-4,7H,5-6H2,(H,18,19)(H,15,16,17). The average molecular weight is 295 g/mol. The van der Waals surface area contributed by atoms with E-state index < -0.39 is 11.5 Å². The molecule has 2 rings (SSSR count). The molecule has 0 bridgehead atoms. The number of para-hydroxylation sites is 1. The Hall–Kier alpha value is -2.34. The van der Waals surface area contributed by atoms with Gasteiger partial charge in [-0.2, -0.15) is 0 Å². The lowest BCUT2D eigenvalue weighted by molar-refractivity contribution is 0.0689. The Morgan fingerprint density at radius 1 is 1.40 bits per heavy atom. The molecule has 1 heterocycles. The second kappa shape index (κ2) is 6.21. The average Bonchev–Trinajstić information content (AvgIpc) is 2.40. The zero-order valence-corrected chi connectivity index (χ0v) is 11.1. The number of ether oxygens (including phenoxy) is 1. The number of nitrogens with zero attached hydrogens (tertiary/aromatic N) is 1. The first kappa shape index (κ1) is 14.1. The van der Waals surface area contributed by atoms with E-state index in [0.717, 1.165) is 6.07 Å². The molecule has 0 saturated heterocycles. The SMILES string of the molecule is O=C(O)c1cc(=O)[nH]c(CCOc2ccccc2Cl)n1. The Balaban J connectivity index is 2.03. The smallest absolute Gasteiger partial charge is 0.354 e. The second-order valence-corrected chi connectivity index (χ2v) is 4.32. The lowest BCUT2D eigenvalue weighted by Gasteiger charge is -2.07. The summed E-state index contributed by atoms with van der Waals surface area (Å²) in [5.74, 6) is -0.475. The van der Waals surface area contributed by atoms with Gasteiger partial charge in [-0.05, 0) is 12.1 Å². The first-order valence-electron chi connectivity index (χ1n) is 5.77. The third-order valence-corrected chi connectivity index (χ3v) is 2.76. The summed E-state index contributed by atoms with van der Waals surface area (Å²) < 4.78 is 5.44. The number of rotatable bonds is 5. The van der Waals surface area contributed by atoms with Crippen molar-refractivity contribution in [3.63, 3.8) is 0 Å². The molecule has 0 saturated carbocycles. The Morgan fingerprint density at radius 3 is 2.85 bits per heavy atom. The molecule has 0 atom stereocenters. The fourth-order valence-electron chi connectivity index (χ4n) is 1.56. The Labute approximate surface area is 119 Å². The predicted octanol–water partition coefficient (Wildman–Crippen LogP) is 1.74. The molecule has 0 aliphatic rings. The molecule has 104 valence electrons. The molecule has 0 unspecified atom stereocenters. The van der Waals surface area contributed by atoms with E-state index in [-0.39, 0.29) is 24.5 Å². The molecule has 0 aliphatic heterocycles. The van der Waals surface area contributed by atoms with Gasteiger partial charge in [0, 0.05) is 12.5 Å². The van der Waals surface area contributed by atoms with Crippen molar-refractivity contribution in [2.75, 3.05) is 6.61 Å². The minimum absolute atomic E-state index is 0.218. The number of aromatic amines is 1. The van der Waals surface area contributed by atoms with Crippen LogP contribution in [0.25, 0.3) is 0 Å². The highest BCUT2D eigenvalue weighted by atomic mass is 35.5. The zero-order chi connectivity index (χ0) is 14.5. The lowest BCUT2D eigenvalue weighted by Crippen LogP contribution is -2.17. The highest BCUT2D eigenvalue weighted by Crippen LogP contribution is 2.22. The van der Waals surface area contributed by atoms with Crippen LogP contribution in [0.15, 0.2) is 35.1 Å². The summed E-state index contributed by atoms with van der Waals surface area (Å²) in [6.07, 6.45) is 0.265. The van der Waals surface area contributed by atoms with E-state index in [1.807, 2.05) is 0 Å². The zero-order valence-electron chi connectivity index (χ0n) is 10.3. The van der Waals surface area contributed by atoms with Crippen LogP contribution in [0.5, 0.6) is 5.75 Å². The van der Waals surface area contributed by atoms with Crippen LogP contribution in [0.3, 0.4) is 0 Å². The Bertz CT molecular complexity index is 684. The Kier molecular flexibility index (Phi) is 4.37. The summed E-state index contributed by atoms with van der Waals surface area (Å²) in [5, 5.41) is 9.29. The molecule has 0 aliphatic carbocycles. The number of carboxylic acids is 1. The van der Waals surface area contributed by atoms with Crippen molar-refractivity contribution in [3.8, 4) is 5.75 Å². The number of aromatic carboxylic acids is 1. The molecule has 20 heavy (non-hydrogen) atoms. The predicted molar refractivity (Wildman–Crippen MR) is 72.5 cm³/mol. The highest BCUT2D eigenvalue weighted by molar-refractivity contribution is 6.32. The van der Waals surface area contributed by atoms with E-state index in [2.05, 4.69) is 9.97 Å². The van der Waals surface area contributed by atoms with E-state index in [1.54, 1.807) is 24.3 Å². The van der Waals surface area contributed by atoms with Crippen molar-refractivity contribution >= 4 is 17.6 Å². The minimum Gasteiger partial charge on any atom is -0.492 e. The summed E-state index contributed by atoms with van der Waals surface area (Å²) in [4.78, 5) is 28.3. The second-order valence-electron chi connectivity index (χ2n) is 3.91. The quantitative estimate of drug-likeness (QED) is 0.876.